The number of hydrogen-bond acceptors (Lipinski definition) is 4. The van der Waals surface area contributed by atoms with E-state index in [2.05, 4.69) is 41.3 Å². The zero-order chi connectivity index (χ0) is 20.4. The fraction of sp³-hybridized carbons (Fsp3) is 0.435. The van der Waals surface area contributed by atoms with E-state index in [0.717, 1.165) is 41.5 Å². The van der Waals surface area contributed by atoms with E-state index in [1.165, 1.54) is 10.4 Å². The summed E-state index contributed by atoms with van der Waals surface area (Å²) >= 11 is 1.63. The number of aromatic amines is 1. The molecule has 0 radical (unpaired) electrons. The number of thiophene rings is 1. The summed E-state index contributed by atoms with van der Waals surface area (Å²) in [6.07, 6.45) is 4.77. The van der Waals surface area contributed by atoms with Crippen molar-refractivity contribution in [1.29, 1.82) is 0 Å². The first-order valence-electron chi connectivity index (χ1n) is 10.4. The maximum atomic E-state index is 12.6. The van der Waals surface area contributed by atoms with Crippen LogP contribution in [0.4, 0.5) is 0 Å². The molecule has 1 aromatic carbocycles. The van der Waals surface area contributed by atoms with Crippen LogP contribution in [0.5, 0.6) is 0 Å². The van der Waals surface area contributed by atoms with Crippen LogP contribution in [-0.2, 0) is 24.1 Å². The molecule has 5 nitrogen and oxygen atoms in total. The van der Waals surface area contributed by atoms with Gasteiger partial charge in [-0.25, -0.2) is 4.98 Å². The maximum Gasteiger partial charge on any atom is 0.259 e. The van der Waals surface area contributed by atoms with Crippen LogP contribution in [0.25, 0.3) is 10.2 Å². The quantitative estimate of drug-likeness (QED) is 0.611. The number of H-pyrrole nitrogens is 1. The molecule has 0 saturated heterocycles. The maximum absolute atomic E-state index is 12.6. The van der Waals surface area contributed by atoms with E-state index in [1.54, 1.807) is 11.3 Å². The largest absolute Gasteiger partial charge is 0.349 e. The van der Waals surface area contributed by atoms with E-state index in [-0.39, 0.29) is 17.5 Å². The van der Waals surface area contributed by atoms with Crippen molar-refractivity contribution in [2.45, 2.75) is 58.4 Å². The van der Waals surface area contributed by atoms with Gasteiger partial charge in [0.2, 0.25) is 5.91 Å². The average molecular weight is 410 g/mol. The molecule has 29 heavy (non-hydrogen) atoms. The van der Waals surface area contributed by atoms with E-state index >= 15 is 0 Å². The van der Waals surface area contributed by atoms with Gasteiger partial charge in [-0.1, -0.05) is 44.2 Å². The first kappa shape index (κ1) is 19.8. The Labute approximate surface area is 174 Å². The number of carbonyl (C=O) groups is 1. The zero-order valence-corrected chi connectivity index (χ0v) is 17.8. The van der Waals surface area contributed by atoms with Gasteiger partial charge in [-0.3, -0.25) is 9.59 Å². The van der Waals surface area contributed by atoms with Crippen LogP contribution in [0.2, 0.25) is 0 Å². The van der Waals surface area contributed by atoms with Gasteiger partial charge in [0.1, 0.15) is 10.7 Å². The van der Waals surface area contributed by atoms with Crippen LogP contribution in [0.1, 0.15) is 61.0 Å². The molecule has 2 aromatic heterocycles. The average Bonchev–Trinajstić information content (AvgIpc) is 3.27. The molecular weight excluding hydrogens is 382 g/mol. The standard InChI is InChI=1S/C23H27N3O2S/c1-14(2)13-17(15-7-4-3-5-8-15)24-20(27)12-11-19-25-22(28)21-16-9-6-10-18(16)29-23(21)26-19/h3-5,7-8,14,17H,6,9-13H2,1-2H3,(H,24,27)(H,25,26,28). The number of aromatic nitrogens is 2. The second-order valence-electron chi connectivity index (χ2n) is 8.21. The minimum absolute atomic E-state index is 0.00143. The molecule has 3 aromatic rings. The second kappa shape index (κ2) is 8.49. The summed E-state index contributed by atoms with van der Waals surface area (Å²) in [5, 5.41) is 3.92. The third-order valence-corrected chi connectivity index (χ3v) is 6.64. The summed E-state index contributed by atoms with van der Waals surface area (Å²) in [5.41, 5.74) is 2.24. The third-order valence-electron chi connectivity index (χ3n) is 5.46. The molecule has 1 aliphatic rings. The molecule has 0 bridgehead atoms. The Morgan fingerprint density at radius 1 is 1.24 bits per heavy atom. The van der Waals surface area contributed by atoms with Crippen LogP contribution >= 0.6 is 11.3 Å². The summed E-state index contributed by atoms with van der Waals surface area (Å²) in [4.78, 5) is 34.8. The molecule has 152 valence electrons. The molecule has 0 saturated carbocycles. The molecule has 4 rings (SSSR count). The lowest BCUT2D eigenvalue weighted by atomic mass is 9.97. The molecule has 0 fully saturated rings. The Hall–Kier alpha value is -2.47. The smallest absolute Gasteiger partial charge is 0.259 e. The van der Waals surface area contributed by atoms with Gasteiger partial charge in [0.15, 0.2) is 0 Å². The number of amides is 1. The second-order valence-corrected chi connectivity index (χ2v) is 9.29. The van der Waals surface area contributed by atoms with Crippen molar-refractivity contribution in [1.82, 2.24) is 15.3 Å². The van der Waals surface area contributed by atoms with Crippen molar-refractivity contribution in [2.24, 2.45) is 5.92 Å². The zero-order valence-electron chi connectivity index (χ0n) is 17.0. The van der Waals surface area contributed by atoms with Gasteiger partial charge in [-0.15, -0.1) is 11.3 Å². The van der Waals surface area contributed by atoms with Crippen molar-refractivity contribution >= 4 is 27.5 Å². The molecular formula is C23H27N3O2S. The number of carbonyl (C=O) groups excluding carboxylic acids is 1. The summed E-state index contributed by atoms with van der Waals surface area (Å²) in [6.45, 7) is 4.31. The van der Waals surface area contributed by atoms with Crippen LogP contribution in [0, 0.1) is 5.92 Å². The summed E-state index contributed by atoms with van der Waals surface area (Å²) in [5.74, 6) is 1.05. The van der Waals surface area contributed by atoms with Crippen molar-refractivity contribution in [2.75, 3.05) is 0 Å². The Morgan fingerprint density at radius 3 is 2.79 bits per heavy atom. The predicted octanol–water partition coefficient (Wildman–Crippen LogP) is 4.31. The number of benzene rings is 1. The predicted molar refractivity (Wildman–Crippen MR) is 117 cm³/mol. The first-order valence-corrected chi connectivity index (χ1v) is 11.2. The number of aryl methyl sites for hydroxylation is 3. The Kier molecular flexibility index (Phi) is 5.81. The minimum atomic E-state index is -0.0632. The molecule has 1 aliphatic carbocycles. The highest BCUT2D eigenvalue weighted by atomic mass is 32.1. The third kappa shape index (κ3) is 4.42. The summed E-state index contributed by atoms with van der Waals surface area (Å²) in [7, 11) is 0. The van der Waals surface area contributed by atoms with Gasteiger partial charge < -0.3 is 10.3 Å². The molecule has 0 aliphatic heterocycles. The van der Waals surface area contributed by atoms with Gasteiger partial charge in [0, 0.05) is 17.7 Å². The van der Waals surface area contributed by atoms with Crippen molar-refractivity contribution in [3.05, 3.63) is 62.5 Å². The fourth-order valence-electron chi connectivity index (χ4n) is 4.10. The van der Waals surface area contributed by atoms with Crippen molar-refractivity contribution < 1.29 is 4.79 Å². The van der Waals surface area contributed by atoms with Gasteiger partial charge in [-0.2, -0.15) is 0 Å². The van der Waals surface area contributed by atoms with Crippen LogP contribution in [0.3, 0.4) is 0 Å². The van der Waals surface area contributed by atoms with E-state index in [0.29, 0.717) is 24.6 Å². The monoisotopic (exact) mass is 409 g/mol. The van der Waals surface area contributed by atoms with Crippen molar-refractivity contribution in [3.8, 4) is 0 Å². The Bertz CT molecular complexity index is 1070. The number of hydrogen-bond donors (Lipinski definition) is 2. The topological polar surface area (TPSA) is 74.8 Å². The molecule has 1 atom stereocenters. The van der Waals surface area contributed by atoms with E-state index in [9.17, 15) is 9.59 Å². The number of nitrogens with one attached hydrogen (secondary N) is 2. The van der Waals surface area contributed by atoms with E-state index < -0.39 is 0 Å². The van der Waals surface area contributed by atoms with E-state index in [1.807, 2.05) is 18.2 Å². The highest BCUT2D eigenvalue weighted by Gasteiger charge is 2.21. The lowest BCUT2D eigenvalue weighted by molar-refractivity contribution is -0.121. The number of nitrogens with zero attached hydrogens (tertiary/aromatic N) is 1. The SMILES string of the molecule is CC(C)CC(NC(=O)CCc1nc2sc3c(c2c(=O)[nH]1)CCC3)c1ccccc1. The summed E-state index contributed by atoms with van der Waals surface area (Å²) in [6, 6.07) is 10.1. The van der Waals surface area contributed by atoms with Crippen LogP contribution in [0.15, 0.2) is 35.1 Å². The van der Waals surface area contributed by atoms with Gasteiger partial charge in [-0.05, 0) is 42.7 Å². The molecule has 1 unspecified atom stereocenters. The van der Waals surface area contributed by atoms with Gasteiger partial charge in [0.05, 0.1) is 11.4 Å². The van der Waals surface area contributed by atoms with Gasteiger partial charge >= 0.3 is 0 Å². The minimum Gasteiger partial charge on any atom is -0.349 e. The van der Waals surface area contributed by atoms with Crippen LogP contribution < -0.4 is 10.9 Å². The van der Waals surface area contributed by atoms with Crippen LogP contribution in [-0.4, -0.2) is 15.9 Å². The summed E-state index contributed by atoms with van der Waals surface area (Å²) < 4.78 is 0. The molecule has 6 heteroatoms. The lowest BCUT2D eigenvalue weighted by Gasteiger charge is -2.21. The normalized spacial score (nSPS) is 14.3. The molecule has 2 heterocycles. The highest BCUT2D eigenvalue weighted by molar-refractivity contribution is 7.18. The number of fused-ring (bicyclic) bond motifs is 3. The Balaban J connectivity index is 1.44. The fourth-order valence-corrected chi connectivity index (χ4v) is 5.38. The molecule has 2 N–H and O–H groups in total. The van der Waals surface area contributed by atoms with Gasteiger partial charge in [0.25, 0.3) is 5.56 Å². The van der Waals surface area contributed by atoms with E-state index in [4.69, 9.17) is 0 Å². The Morgan fingerprint density at radius 2 is 2.03 bits per heavy atom. The molecule has 0 spiro atoms. The highest BCUT2D eigenvalue weighted by Crippen LogP contribution is 2.34. The van der Waals surface area contributed by atoms with Crippen molar-refractivity contribution in [3.63, 3.8) is 0 Å². The first-order chi connectivity index (χ1) is 14.0. The number of rotatable bonds is 7. The lowest BCUT2D eigenvalue weighted by Crippen LogP contribution is -2.30. The molecule has 1 amide bonds.